The Morgan fingerprint density at radius 1 is 1.27 bits per heavy atom. The van der Waals surface area contributed by atoms with E-state index in [1.807, 2.05) is 6.07 Å². The van der Waals surface area contributed by atoms with Crippen molar-refractivity contribution in [3.63, 3.8) is 0 Å². The highest BCUT2D eigenvalue weighted by Gasteiger charge is 2.36. The highest BCUT2D eigenvalue weighted by molar-refractivity contribution is 5.52. The highest BCUT2D eigenvalue weighted by Crippen LogP contribution is 2.45. The van der Waals surface area contributed by atoms with E-state index in [0.717, 1.165) is 44.0 Å². The van der Waals surface area contributed by atoms with Crippen LogP contribution >= 0.6 is 0 Å². The van der Waals surface area contributed by atoms with E-state index in [1.165, 1.54) is 11.1 Å². The van der Waals surface area contributed by atoms with Gasteiger partial charge in [0.2, 0.25) is 0 Å². The molecule has 2 heterocycles. The number of nitrogens with zero attached hydrogens (tertiary/aromatic N) is 3. The fourth-order valence-corrected chi connectivity index (χ4v) is 4.48. The summed E-state index contributed by atoms with van der Waals surface area (Å²) < 4.78 is 0. The molecule has 138 valence electrons. The summed E-state index contributed by atoms with van der Waals surface area (Å²) in [7, 11) is 0. The Hall–Kier alpha value is -2.14. The van der Waals surface area contributed by atoms with Crippen LogP contribution in [0, 0.1) is 5.92 Å². The summed E-state index contributed by atoms with van der Waals surface area (Å²) in [5, 5.41) is 13.1. The molecular formula is C21H28N4O. The maximum absolute atomic E-state index is 9.47. The van der Waals surface area contributed by atoms with E-state index < -0.39 is 0 Å². The van der Waals surface area contributed by atoms with Crippen molar-refractivity contribution in [1.82, 2.24) is 9.97 Å². The van der Waals surface area contributed by atoms with Crippen molar-refractivity contribution in [2.24, 2.45) is 5.92 Å². The minimum absolute atomic E-state index is 0.172. The van der Waals surface area contributed by atoms with Gasteiger partial charge < -0.3 is 15.3 Å². The normalized spacial score (nSPS) is 24.3. The van der Waals surface area contributed by atoms with Gasteiger partial charge in [0.05, 0.1) is 6.04 Å². The van der Waals surface area contributed by atoms with Gasteiger partial charge in [0, 0.05) is 25.8 Å². The average Bonchev–Trinajstić information content (AvgIpc) is 2.92. The molecule has 0 spiro atoms. The number of aliphatic hydroxyl groups excluding tert-OH is 1. The second-order valence-corrected chi connectivity index (χ2v) is 8.27. The molecule has 1 aromatic carbocycles. The van der Waals surface area contributed by atoms with Crippen molar-refractivity contribution in [2.45, 2.75) is 44.6 Å². The number of fused-ring (bicyclic) bond motifs is 1. The van der Waals surface area contributed by atoms with Crippen LogP contribution in [0.5, 0.6) is 0 Å². The van der Waals surface area contributed by atoms with E-state index in [4.69, 9.17) is 0 Å². The molecule has 1 aliphatic carbocycles. The molecule has 26 heavy (non-hydrogen) atoms. The van der Waals surface area contributed by atoms with Gasteiger partial charge in [0.25, 0.3) is 0 Å². The molecule has 0 amide bonds. The lowest BCUT2D eigenvalue weighted by atomic mass is 9.86. The summed E-state index contributed by atoms with van der Waals surface area (Å²) in [4.78, 5) is 11.2. The topological polar surface area (TPSA) is 61.3 Å². The molecule has 4 rings (SSSR count). The van der Waals surface area contributed by atoms with E-state index in [9.17, 15) is 5.11 Å². The third-order valence-corrected chi connectivity index (χ3v) is 5.86. The molecule has 2 aliphatic rings. The average molecular weight is 352 g/mol. The molecule has 1 saturated heterocycles. The van der Waals surface area contributed by atoms with Crippen molar-refractivity contribution >= 4 is 11.6 Å². The lowest BCUT2D eigenvalue weighted by Crippen LogP contribution is -2.37. The Bertz CT molecular complexity index is 776. The molecule has 0 radical (unpaired) electrons. The minimum atomic E-state index is 0.172. The minimum Gasteiger partial charge on any atom is -0.396 e. The number of piperidine rings is 1. The maximum Gasteiger partial charge on any atom is 0.134 e. The summed E-state index contributed by atoms with van der Waals surface area (Å²) in [5.74, 6) is 2.17. The van der Waals surface area contributed by atoms with E-state index in [1.54, 1.807) is 6.33 Å². The summed E-state index contributed by atoms with van der Waals surface area (Å²) >= 11 is 0. The Morgan fingerprint density at radius 3 is 2.96 bits per heavy atom. The number of benzene rings is 1. The molecule has 2 aromatic rings. The molecular weight excluding hydrogens is 324 g/mol. The van der Waals surface area contributed by atoms with Gasteiger partial charge >= 0.3 is 0 Å². The van der Waals surface area contributed by atoms with Gasteiger partial charge in [-0.1, -0.05) is 38.1 Å². The molecule has 1 aliphatic heterocycles. The third kappa shape index (κ3) is 3.28. The van der Waals surface area contributed by atoms with Crippen LogP contribution in [0.4, 0.5) is 11.6 Å². The number of hydrogen-bond acceptors (Lipinski definition) is 5. The summed E-state index contributed by atoms with van der Waals surface area (Å²) in [5.41, 5.74) is 2.97. The van der Waals surface area contributed by atoms with Gasteiger partial charge in [0.1, 0.15) is 18.0 Å². The first-order chi connectivity index (χ1) is 12.6. The van der Waals surface area contributed by atoms with Crippen molar-refractivity contribution in [3.8, 4) is 0 Å². The van der Waals surface area contributed by atoms with E-state index in [2.05, 4.69) is 58.3 Å². The van der Waals surface area contributed by atoms with Crippen LogP contribution < -0.4 is 10.2 Å². The number of anilines is 2. The van der Waals surface area contributed by atoms with Crippen LogP contribution in [0.1, 0.15) is 50.3 Å². The number of aromatic nitrogens is 2. The van der Waals surface area contributed by atoms with Gasteiger partial charge in [-0.2, -0.15) is 0 Å². The Kier molecular flexibility index (Phi) is 4.57. The first-order valence-electron chi connectivity index (χ1n) is 9.60. The molecule has 5 nitrogen and oxygen atoms in total. The summed E-state index contributed by atoms with van der Waals surface area (Å²) in [6.07, 6.45) is 4.90. The second-order valence-electron chi connectivity index (χ2n) is 8.27. The second kappa shape index (κ2) is 6.88. The molecule has 2 N–H and O–H groups in total. The Balaban J connectivity index is 1.53. The SMILES string of the molecule is CC1(C)CC(Nc2cc(N3CCCC(CO)C3)ncn2)c2ccccc21. The van der Waals surface area contributed by atoms with Crippen molar-refractivity contribution < 1.29 is 5.11 Å². The van der Waals surface area contributed by atoms with Crippen LogP contribution in [-0.2, 0) is 5.41 Å². The van der Waals surface area contributed by atoms with Gasteiger partial charge in [-0.3, -0.25) is 0 Å². The van der Waals surface area contributed by atoms with Crippen molar-refractivity contribution in [3.05, 3.63) is 47.8 Å². The van der Waals surface area contributed by atoms with Gasteiger partial charge in [0.15, 0.2) is 0 Å². The van der Waals surface area contributed by atoms with Crippen LogP contribution in [0.3, 0.4) is 0 Å². The summed E-state index contributed by atoms with van der Waals surface area (Å²) in [6.45, 7) is 6.72. The molecule has 1 aromatic heterocycles. The number of aliphatic hydroxyl groups is 1. The van der Waals surface area contributed by atoms with Crippen LogP contribution in [0.2, 0.25) is 0 Å². The zero-order chi connectivity index (χ0) is 18.1. The fourth-order valence-electron chi connectivity index (χ4n) is 4.48. The van der Waals surface area contributed by atoms with E-state index in [0.29, 0.717) is 5.92 Å². The lowest BCUT2D eigenvalue weighted by molar-refractivity contribution is 0.208. The predicted octanol–water partition coefficient (Wildman–Crippen LogP) is 3.52. The quantitative estimate of drug-likeness (QED) is 0.882. The fraction of sp³-hybridized carbons (Fsp3) is 0.524. The standard InChI is InChI=1S/C21H28N4O/c1-21(2)11-18(16-7-3-4-8-17(16)21)24-19-10-20(23-14-22-19)25-9-5-6-15(12-25)13-26/h3-4,7-8,10,14-15,18,26H,5-6,9,11-13H2,1-2H3,(H,22,23,24). The maximum atomic E-state index is 9.47. The first kappa shape index (κ1) is 17.3. The first-order valence-corrected chi connectivity index (χ1v) is 9.60. The Labute approximate surface area is 155 Å². The molecule has 2 atom stereocenters. The predicted molar refractivity (Wildman–Crippen MR) is 105 cm³/mol. The van der Waals surface area contributed by atoms with E-state index >= 15 is 0 Å². The van der Waals surface area contributed by atoms with Gasteiger partial charge in [-0.05, 0) is 41.7 Å². The monoisotopic (exact) mass is 352 g/mol. The number of nitrogens with one attached hydrogen (secondary N) is 1. The smallest absolute Gasteiger partial charge is 0.134 e. The van der Waals surface area contributed by atoms with Gasteiger partial charge in [-0.25, -0.2) is 9.97 Å². The molecule has 2 unspecified atom stereocenters. The lowest BCUT2D eigenvalue weighted by Gasteiger charge is -2.32. The van der Waals surface area contributed by atoms with Gasteiger partial charge in [-0.15, -0.1) is 0 Å². The number of rotatable bonds is 4. The van der Waals surface area contributed by atoms with Crippen LogP contribution in [0.25, 0.3) is 0 Å². The highest BCUT2D eigenvalue weighted by atomic mass is 16.3. The molecule has 1 fully saturated rings. The molecule has 0 bridgehead atoms. The zero-order valence-electron chi connectivity index (χ0n) is 15.7. The van der Waals surface area contributed by atoms with Crippen molar-refractivity contribution in [2.75, 3.05) is 29.9 Å². The van der Waals surface area contributed by atoms with Crippen LogP contribution in [0.15, 0.2) is 36.7 Å². The van der Waals surface area contributed by atoms with Crippen molar-refractivity contribution in [1.29, 1.82) is 0 Å². The largest absolute Gasteiger partial charge is 0.396 e. The third-order valence-electron chi connectivity index (χ3n) is 5.86. The Morgan fingerprint density at radius 2 is 2.12 bits per heavy atom. The molecule has 0 saturated carbocycles. The number of hydrogen-bond donors (Lipinski definition) is 2. The summed E-state index contributed by atoms with van der Waals surface area (Å²) in [6, 6.07) is 11.0. The van der Waals surface area contributed by atoms with E-state index in [-0.39, 0.29) is 18.1 Å². The van der Waals surface area contributed by atoms with Crippen LogP contribution in [-0.4, -0.2) is 34.8 Å². The molecule has 5 heteroatoms. The zero-order valence-corrected chi connectivity index (χ0v) is 15.7.